The minimum Gasteiger partial charge on any atom is -0.349 e. The molecule has 1 amide bonds. The van der Waals surface area contributed by atoms with Gasteiger partial charge in [-0.1, -0.05) is 23.7 Å². The van der Waals surface area contributed by atoms with Crippen LogP contribution < -0.4 is 11.0 Å². The Hall–Kier alpha value is -4.14. The number of aryl methyl sites for hydroxylation is 1. The van der Waals surface area contributed by atoms with Gasteiger partial charge in [-0.15, -0.1) is 0 Å². The maximum atomic E-state index is 13.5. The Morgan fingerprint density at radius 3 is 2.59 bits per heavy atom. The Balaban J connectivity index is 1.31. The third-order valence-electron chi connectivity index (χ3n) is 6.89. The van der Waals surface area contributed by atoms with Crippen molar-refractivity contribution in [3.8, 4) is 5.69 Å². The SMILES string of the molecule is Cc1ncc(Cl)cc1C(=O)NC1CCC(Cn2c(=O)n(-c3ccc(N=[N+]=[N-])nc3)c3ccccc32)CC1. The number of para-hydroxylation sites is 2. The van der Waals surface area contributed by atoms with Crippen LogP contribution in [0, 0.1) is 12.8 Å². The molecule has 10 nitrogen and oxygen atoms in total. The summed E-state index contributed by atoms with van der Waals surface area (Å²) >= 11 is 6.02. The van der Waals surface area contributed by atoms with E-state index in [0.717, 1.165) is 36.7 Å². The molecule has 0 aliphatic heterocycles. The summed E-state index contributed by atoms with van der Waals surface area (Å²) < 4.78 is 3.46. The second kappa shape index (κ2) is 10.5. The van der Waals surface area contributed by atoms with Crippen molar-refractivity contribution in [2.45, 2.75) is 45.2 Å². The van der Waals surface area contributed by atoms with E-state index >= 15 is 0 Å². The lowest BCUT2D eigenvalue weighted by atomic mass is 9.85. The molecule has 1 aromatic carbocycles. The first-order chi connectivity index (χ1) is 17.9. The summed E-state index contributed by atoms with van der Waals surface area (Å²) in [6.45, 7) is 2.38. The number of azide groups is 1. The van der Waals surface area contributed by atoms with Crippen LogP contribution in [-0.2, 0) is 6.54 Å². The maximum Gasteiger partial charge on any atom is 0.333 e. The number of imidazole rings is 1. The van der Waals surface area contributed by atoms with Gasteiger partial charge in [0.05, 0.1) is 39.2 Å². The fourth-order valence-corrected chi connectivity index (χ4v) is 5.16. The highest BCUT2D eigenvalue weighted by atomic mass is 35.5. The van der Waals surface area contributed by atoms with E-state index in [4.69, 9.17) is 17.1 Å². The summed E-state index contributed by atoms with van der Waals surface area (Å²) in [5.74, 6) is 0.397. The van der Waals surface area contributed by atoms with Gasteiger partial charge in [0.2, 0.25) is 0 Å². The molecule has 11 heteroatoms. The van der Waals surface area contributed by atoms with E-state index < -0.39 is 0 Å². The second-order valence-corrected chi connectivity index (χ2v) is 9.70. The molecule has 5 rings (SSSR count). The van der Waals surface area contributed by atoms with Crippen molar-refractivity contribution >= 4 is 34.4 Å². The molecule has 1 aliphatic carbocycles. The maximum absolute atomic E-state index is 13.5. The minimum absolute atomic E-state index is 0.0702. The summed E-state index contributed by atoms with van der Waals surface area (Å²) in [6, 6.07) is 12.7. The van der Waals surface area contributed by atoms with E-state index in [1.807, 2.05) is 28.8 Å². The van der Waals surface area contributed by atoms with Crippen molar-refractivity contribution in [1.29, 1.82) is 0 Å². The Morgan fingerprint density at radius 1 is 1.14 bits per heavy atom. The first-order valence-electron chi connectivity index (χ1n) is 12.1. The number of rotatable bonds is 6. The van der Waals surface area contributed by atoms with Crippen LogP contribution in [0.4, 0.5) is 5.82 Å². The van der Waals surface area contributed by atoms with Crippen LogP contribution in [0.3, 0.4) is 0 Å². The molecule has 0 unspecified atom stereocenters. The fourth-order valence-electron chi connectivity index (χ4n) is 5.00. The van der Waals surface area contributed by atoms with Crippen molar-refractivity contribution in [1.82, 2.24) is 24.4 Å². The van der Waals surface area contributed by atoms with Gasteiger partial charge in [-0.05, 0) is 79.5 Å². The molecule has 1 fully saturated rings. The number of aromatic nitrogens is 4. The van der Waals surface area contributed by atoms with E-state index in [-0.39, 0.29) is 23.5 Å². The zero-order chi connectivity index (χ0) is 25.9. The van der Waals surface area contributed by atoms with Gasteiger partial charge in [0.15, 0.2) is 0 Å². The Kier molecular flexibility index (Phi) is 6.94. The highest BCUT2D eigenvalue weighted by Crippen LogP contribution is 2.28. The summed E-state index contributed by atoms with van der Waals surface area (Å²) in [5, 5.41) is 7.06. The topological polar surface area (TPSA) is 131 Å². The Labute approximate surface area is 217 Å². The summed E-state index contributed by atoms with van der Waals surface area (Å²) in [5.41, 5.74) is 11.9. The third-order valence-corrected chi connectivity index (χ3v) is 7.10. The molecule has 1 aliphatic rings. The van der Waals surface area contributed by atoms with Crippen molar-refractivity contribution in [2.24, 2.45) is 11.0 Å². The van der Waals surface area contributed by atoms with Gasteiger partial charge in [-0.2, -0.15) is 0 Å². The van der Waals surface area contributed by atoms with Crippen molar-refractivity contribution in [3.63, 3.8) is 0 Å². The first-order valence-corrected chi connectivity index (χ1v) is 12.5. The number of hydrogen-bond donors (Lipinski definition) is 1. The molecule has 0 bridgehead atoms. The standard InChI is InChI=1S/C26H25ClN8O2/c1-16-21(12-18(27)13-29-16)25(36)31-19-8-6-17(7-9-19)15-34-22-4-2-3-5-23(22)35(26(34)37)20-10-11-24(30-14-20)32-33-28/h2-5,10-14,17,19H,6-9,15H2,1H3,(H,31,36). The highest BCUT2D eigenvalue weighted by molar-refractivity contribution is 6.30. The molecular formula is C26H25ClN8O2. The molecule has 0 saturated heterocycles. The molecule has 3 heterocycles. The number of fused-ring (bicyclic) bond motifs is 1. The van der Waals surface area contributed by atoms with Gasteiger partial charge in [0.25, 0.3) is 5.91 Å². The monoisotopic (exact) mass is 516 g/mol. The normalized spacial score (nSPS) is 17.4. The summed E-state index contributed by atoms with van der Waals surface area (Å²) in [4.78, 5) is 37.4. The quantitative estimate of drug-likeness (QED) is 0.206. The van der Waals surface area contributed by atoms with Gasteiger partial charge in [0, 0.05) is 23.7 Å². The third kappa shape index (κ3) is 5.07. The lowest BCUT2D eigenvalue weighted by Gasteiger charge is -2.29. The molecule has 188 valence electrons. The van der Waals surface area contributed by atoms with Crippen LogP contribution >= 0.6 is 11.6 Å². The van der Waals surface area contributed by atoms with E-state index in [9.17, 15) is 9.59 Å². The van der Waals surface area contributed by atoms with Crippen molar-refractivity contribution in [3.05, 3.63) is 92.1 Å². The Morgan fingerprint density at radius 2 is 1.89 bits per heavy atom. The minimum atomic E-state index is -0.157. The van der Waals surface area contributed by atoms with Crippen molar-refractivity contribution in [2.75, 3.05) is 0 Å². The number of carbonyl (C=O) groups is 1. The molecule has 4 aromatic rings. The molecule has 0 radical (unpaired) electrons. The first kappa shape index (κ1) is 24.5. The van der Waals surface area contributed by atoms with E-state index in [1.54, 1.807) is 29.7 Å². The summed E-state index contributed by atoms with van der Waals surface area (Å²) in [7, 11) is 0. The second-order valence-electron chi connectivity index (χ2n) is 9.26. The molecule has 1 saturated carbocycles. The van der Waals surface area contributed by atoms with Crippen LogP contribution in [0.25, 0.3) is 27.2 Å². The molecule has 37 heavy (non-hydrogen) atoms. The molecule has 0 spiro atoms. The van der Waals surface area contributed by atoms with Gasteiger partial charge in [0.1, 0.15) is 5.82 Å². The number of hydrogen-bond acceptors (Lipinski definition) is 5. The predicted molar refractivity (Wildman–Crippen MR) is 141 cm³/mol. The number of amides is 1. The molecule has 0 atom stereocenters. The molecule has 1 N–H and O–H groups in total. The van der Waals surface area contributed by atoms with Crippen LogP contribution in [0.2, 0.25) is 5.02 Å². The zero-order valence-electron chi connectivity index (χ0n) is 20.2. The van der Waals surface area contributed by atoms with Gasteiger partial charge >= 0.3 is 5.69 Å². The van der Waals surface area contributed by atoms with Crippen molar-refractivity contribution < 1.29 is 4.79 Å². The van der Waals surface area contributed by atoms with Gasteiger partial charge < -0.3 is 5.32 Å². The number of benzene rings is 1. The zero-order valence-corrected chi connectivity index (χ0v) is 21.0. The molecular weight excluding hydrogens is 492 g/mol. The molecule has 3 aromatic heterocycles. The lowest BCUT2D eigenvalue weighted by molar-refractivity contribution is 0.0919. The average molecular weight is 517 g/mol. The van der Waals surface area contributed by atoms with Crippen LogP contribution in [0.15, 0.2) is 64.8 Å². The number of nitrogens with zero attached hydrogens (tertiary/aromatic N) is 7. The summed E-state index contributed by atoms with van der Waals surface area (Å²) in [6.07, 6.45) is 6.53. The number of halogens is 1. The van der Waals surface area contributed by atoms with Gasteiger partial charge in [-0.25, -0.2) is 4.79 Å². The van der Waals surface area contributed by atoms with Gasteiger partial charge in [-0.3, -0.25) is 23.9 Å². The predicted octanol–water partition coefficient (Wildman–Crippen LogP) is 5.47. The number of pyridine rings is 2. The van der Waals surface area contributed by atoms with Crippen LogP contribution in [0.5, 0.6) is 0 Å². The van der Waals surface area contributed by atoms with Crippen LogP contribution in [0.1, 0.15) is 41.7 Å². The van der Waals surface area contributed by atoms with E-state index in [2.05, 4.69) is 25.3 Å². The lowest BCUT2D eigenvalue weighted by Crippen LogP contribution is -2.39. The number of carbonyl (C=O) groups excluding carboxylic acids is 1. The fraction of sp³-hybridized carbons (Fsp3) is 0.308. The van der Waals surface area contributed by atoms with Crippen LogP contribution in [-0.4, -0.2) is 31.1 Å². The smallest absolute Gasteiger partial charge is 0.333 e. The van der Waals surface area contributed by atoms with E-state index in [0.29, 0.717) is 34.4 Å². The largest absolute Gasteiger partial charge is 0.349 e. The Bertz CT molecular complexity index is 1560. The van der Waals surface area contributed by atoms with E-state index in [1.165, 1.54) is 12.4 Å². The average Bonchev–Trinajstić information content (AvgIpc) is 3.18. The number of nitrogens with one attached hydrogen (secondary N) is 1. The highest BCUT2D eigenvalue weighted by Gasteiger charge is 2.25.